The zero-order valence-electron chi connectivity index (χ0n) is 29.0. The summed E-state index contributed by atoms with van der Waals surface area (Å²) in [6.07, 6.45) is -0.390. The number of carbonyl (C=O) groups excluding carboxylic acids is 1. The second-order valence-electron chi connectivity index (χ2n) is 14.4. The average molecular weight is 722 g/mol. The van der Waals surface area contributed by atoms with Crippen molar-refractivity contribution in [3.05, 3.63) is 106 Å². The highest BCUT2D eigenvalue weighted by Crippen LogP contribution is 2.43. The van der Waals surface area contributed by atoms with Crippen molar-refractivity contribution in [2.45, 2.75) is 65.1 Å². The molecule has 1 aliphatic heterocycles. The normalized spacial score (nSPS) is 15.6. The number of hydrogen-bond acceptors (Lipinski definition) is 5. The minimum Gasteiger partial charge on any atom is -0.533 e. The maximum atomic E-state index is 16.0. The van der Waals surface area contributed by atoms with E-state index < -0.39 is 25.8 Å². The van der Waals surface area contributed by atoms with Crippen LogP contribution in [-0.4, -0.2) is 66.3 Å². The van der Waals surface area contributed by atoms with Gasteiger partial charge >= 0.3 is 14.4 Å². The van der Waals surface area contributed by atoms with Gasteiger partial charge in [-0.25, -0.2) is 14.2 Å². The van der Waals surface area contributed by atoms with Crippen LogP contribution in [0.3, 0.4) is 0 Å². The van der Waals surface area contributed by atoms with Gasteiger partial charge in [0.05, 0.1) is 21.8 Å². The van der Waals surface area contributed by atoms with Gasteiger partial charge in [0.25, 0.3) is 0 Å². The molecule has 0 saturated carbocycles. The van der Waals surface area contributed by atoms with Gasteiger partial charge in [-0.2, -0.15) is 0 Å². The lowest BCUT2D eigenvalue weighted by Gasteiger charge is -2.43. The number of carbonyl (C=O) groups is 1. The number of nitrogens with zero attached hydrogens (tertiary/aromatic N) is 3. The van der Waals surface area contributed by atoms with Crippen LogP contribution in [0.5, 0.6) is 5.75 Å². The van der Waals surface area contributed by atoms with Gasteiger partial charge in [0.15, 0.2) is 0 Å². The van der Waals surface area contributed by atoms with E-state index in [-0.39, 0.29) is 38.3 Å². The standard InChI is InChI=1S/C38H43Cl2FN4O3Si/c1-25-24-44(36(46)47-37(2,3)4)21-22-45(25)35(42)28-23-29(39)33(43-34(28)40)32-30(41)19-14-20-31(32)48-49(38(5,6)7,26-15-10-8-11-16-26)27-17-12-9-13-18-27/h8-20,23,25,42H,21-22,24H2,1-7H3/t25-/m0/s1. The molecule has 1 atom stereocenters. The molecule has 1 aromatic heterocycles. The molecule has 5 rings (SSSR count). The average Bonchev–Trinajstić information content (AvgIpc) is 3.04. The largest absolute Gasteiger partial charge is 0.533 e. The first-order chi connectivity index (χ1) is 23.0. The summed E-state index contributed by atoms with van der Waals surface area (Å²) in [6, 6.07) is 26.2. The summed E-state index contributed by atoms with van der Waals surface area (Å²) < 4.78 is 28.8. The van der Waals surface area contributed by atoms with E-state index in [9.17, 15) is 4.79 Å². The number of ether oxygens (including phenoxy) is 1. The Balaban J connectivity index is 1.52. The third kappa shape index (κ3) is 7.49. The fourth-order valence-electron chi connectivity index (χ4n) is 6.38. The van der Waals surface area contributed by atoms with Crippen LogP contribution >= 0.6 is 23.2 Å². The molecule has 3 aromatic carbocycles. The van der Waals surface area contributed by atoms with Crippen LogP contribution in [0.1, 0.15) is 54.0 Å². The predicted octanol–water partition coefficient (Wildman–Crippen LogP) is 8.40. The van der Waals surface area contributed by atoms with Crippen molar-refractivity contribution in [2.75, 3.05) is 19.6 Å². The Morgan fingerprint density at radius 1 is 0.918 bits per heavy atom. The van der Waals surface area contributed by atoms with Gasteiger partial charge in [-0.15, -0.1) is 0 Å². The first-order valence-electron chi connectivity index (χ1n) is 16.3. The molecular weight excluding hydrogens is 678 g/mol. The van der Waals surface area contributed by atoms with Gasteiger partial charge in [0.1, 0.15) is 28.2 Å². The number of benzene rings is 3. The van der Waals surface area contributed by atoms with Crippen LogP contribution < -0.4 is 14.8 Å². The number of halogens is 3. The number of amides is 1. The van der Waals surface area contributed by atoms with E-state index in [4.69, 9.17) is 37.8 Å². The predicted molar refractivity (Wildman–Crippen MR) is 199 cm³/mol. The molecule has 2 heterocycles. The highest BCUT2D eigenvalue weighted by molar-refractivity contribution is 7.00. The van der Waals surface area contributed by atoms with E-state index in [2.05, 4.69) is 50.0 Å². The molecule has 7 nitrogen and oxygen atoms in total. The molecule has 1 fully saturated rings. The lowest BCUT2D eigenvalue weighted by atomic mass is 10.1. The van der Waals surface area contributed by atoms with Crippen LogP contribution in [0.4, 0.5) is 9.18 Å². The molecule has 1 aliphatic rings. The number of nitrogens with one attached hydrogen (secondary N) is 1. The van der Waals surface area contributed by atoms with E-state index in [1.807, 2.05) is 69.0 Å². The monoisotopic (exact) mass is 720 g/mol. The fourth-order valence-corrected chi connectivity index (χ4v) is 11.3. The first kappa shape index (κ1) is 36.4. The van der Waals surface area contributed by atoms with Crippen LogP contribution in [0, 0.1) is 11.2 Å². The fraction of sp³-hybridized carbons (Fsp3) is 0.342. The van der Waals surface area contributed by atoms with Gasteiger partial charge in [0, 0.05) is 25.7 Å². The van der Waals surface area contributed by atoms with Crippen LogP contribution in [-0.2, 0) is 4.74 Å². The van der Waals surface area contributed by atoms with Crippen molar-refractivity contribution in [1.82, 2.24) is 14.8 Å². The van der Waals surface area contributed by atoms with E-state index in [1.54, 1.807) is 23.1 Å². The SMILES string of the molecule is C[C@H]1CN(C(=O)OC(C)(C)C)CCN1C(=N)c1cc(Cl)c(-c2c(F)cccc2O[Si](c2ccccc2)(c2ccccc2)C(C)(C)C)nc1Cl. The van der Waals surface area contributed by atoms with Gasteiger partial charge < -0.3 is 19.0 Å². The topological polar surface area (TPSA) is 78.8 Å². The Labute approximate surface area is 299 Å². The Morgan fingerprint density at radius 2 is 1.51 bits per heavy atom. The first-order valence-corrected chi connectivity index (χ1v) is 19.0. The van der Waals surface area contributed by atoms with Crippen molar-refractivity contribution in [3.8, 4) is 17.0 Å². The Kier molecular flexibility index (Phi) is 10.5. The van der Waals surface area contributed by atoms with Gasteiger partial charge in [0.2, 0.25) is 0 Å². The molecular formula is C38H43Cl2FN4O3Si. The number of aromatic nitrogens is 1. The summed E-state index contributed by atoms with van der Waals surface area (Å²) in [7, 11) is -3.14. The molecule has 258 valence electrons. The molecule has 1 amide bonds. The smallest absolute Gasteiger partial charge is 0.410 e. The van der Waals surface area contributed by atoms with E-state index >= 15 is 4.39 Å². The summed E-state index contributed by atoms with van der Waals surface area (Å²) in [5, 5.41) is 10.9. The molecule has 0 unspecified atom stereocenters. The van der Waals surface area contributed by atoms with E-state index in [0.717, 1.165) is 10.4 Å². The third-order valence-electron chi connectivity index (χ3n) is 8.64. The van der Waals surface area contributed by atoms with Crippen molar-refractivity contribution in [2.24, 2.45) is 0 Å². The highest BCUT2D eigenvalue weighted by Gasteiger charge is 2.52. The minimum absolute atomic E-state index is 0.00539. The van der Waals surface area contributed by atoms with Crippen molar-refractivity contribution >= 4 is 53.8 Å². The van der Waals surface area contributed by atoms with Crippen molar-refractivity contribution in [1.29, 1.82) is 5.41 Å². The van der Waals surface area contributed by atoms with Crippen LogP contribution in [0.2, 0.25) is 15.2 Å². The third-order valence-corrected chi connectivity index (χ3v) is 14.2. The van der Waals surface area contributed by atoms with Gasteiger partial charge in [-0.05, 0) is 61.3 Å². The quantitative estimate of drug-likeness (QED) is 0.0937. The minimum atomic E-state index is -3.14. The maximum absolute atomic E-state index is 16.0. The molecule has 11 heteroatoms. The lowest BCUT2D eigenvalue weighted by Crippen LogP contribution is -2.68. The van der Waals surface area contributed by atoms with Gasteiger partial charge in [-0.1, -0.05) is 111 Å². The second-order valence-corrected chi connectivity index (χ2v) is 19.3. The number of hydrogen-bond donors (Lipinski definition) is 1. The van der Waals surface area contributed by atoms with E-state index in [0.29, 0.717) is 30.9 Å². The summed E-state index contributed by atoms with van der Waals surface area (Å²) in [5.74, 6) is -0.148. The second kappa shape index (κ2) is 14.1. The molecule has 0 radical (unpaired) electrons. The zero-order chi connectivity index (χ0) is 35.7. The van der Waals surface area contributed by atoms with Crippen molar-refractivity contribution < 1.29 is 18.3 Å². The zero-order valence-corrected chi connectivity index (χ0v) is 31.5. The molecule has 0 bridgehead atoms. The van der Waals surface area contributed by atoms with Gasteiger partial charge in [-0.3, -0.25) is 5.41 Å². The molecule has 0 aliphatic carbocycles. The Bertz CT molecular complexity index is 1790. The number of pyridine rings is 1. The summed E-state index contributed by atoms with van der Waals surface area (Å²) >= 11 is 13.7. The lowest BCUT2D eigenvalue weighted by molar-refractivity contribution is 0.0133. The summed E-state index contributed by atoms with van der Waals surface area (Å²) in [5.41, 5.74) is -0.0829. The van der Waals surface area contributed by atoms with Crippen LogP contribution in [0.25, 0.3) is 11.3 Å². The maximum Gasteiger partial charge on any atom is 0.410 e. The Morgan fingerprint density at radius 3 is 2.04 bits per heavy atom. The number of rotatable bonds is 6. The molecule has 49 heavy (non-hydrogen) atoms. The molecule has 1 saturated heterocycles. The summed E-state index contributed by atoms with van der Waals surface area (Å²) in [6.45, 7) is 15.0. The number of amidine groups is 1. The van der Waals surface area contributed by atoms with Crippen LogP contribution in [0.15, 0.2) is 84.9 Å². The highest BCUT2D eigenvalue weighted by atomic mass is 35.5. The molecule has 1 N–H and O–H groups in total. The van der Waals surface area contributed by atoms with E-state index in [1.165, 1.54) is 6.07 Å². The molecule has 0 spiro atoms. The number of piperazine rings is 1. The van der Waals surface area contributed by atoms with Crippen molar-refractivity contribution in [3.63, 3.8) is 0 Å². The Hall–Kier alpha value is -3.92. The molecule has 4 aromatic rings. The summed E-state index contributed by atoms with van der Waals surface area (Å²) in [4.78, 5) is 20.8.